The van der Waals surface area contributed by atoms with Crippen molar-refractivity contribution in [3.8, 4) is 0 Å². The largest absolute Gasteiger partial charge is 0.361 e. The van der Waals surface area contributed by atoms with Crippen LogP contribution >= 0.6 is 11.8 Å². The topological polar surface area (TPSA) is 86.0 Å². The SMILES string of the molecule is O=C(CCCC[C@@H]1SC[C@@H]2NC(=O)N[C@@H]21)Nc1ccc2cc[nH]c2c1. The van der Waals surface area contributed by atoms with Gasteiger partial charge in [0.1, 0.15) is 0 Å². The van der Waals surface area contributed by atoms with Crippen molar-refractivity contribution in [1.29, 1.82) is 0 Å². The maximum atomic E-state index is 12.1. The molecule has 3 atom stereocenters. The summed E-state index contributed by atoms with van der Waals surface area (Å²) in [6.07, 6.45) is 5.32. The number of fused-ring (bicyclic) bond motifs is 2. The summed E-state index contributed by atoms with van der Waals surface area (Å²) >= 11 is 1.92. The lowest BCUT2D eigenvalue weighted by atomic mass is 10.0. The number of aromatic amines is 1. The molecule has 4 rings (SSSR count). The minimum Gasteiger partial charge on any atom is -0.361 e. The smallest absolute Gasteiger partial charge is 0.315 e. The van der Waals surface area contributed by atoms with Crippen molar-refractivity contribution in [3.05, 3.63) is 30.5 Å². The predicted molar refractivity (Wildman–Crippen MR) is 101 cm³/mol. The summed E-state index contributed by atoms with van der Waals surface area (Å²) in [6, 6.07) is 8.37. The second-order valence-electron chi connectivity index (χ2n) is 6.70. The fourth-order valence-electron chi connectivity index (χ4n) is 3.62. The van der Waals surface area contributed by atoms with E-state index in [-0.39, 0.29) is 24.0 Å². The number of anilines is 1. The van der Waals surface area contributed by atoms with Crippen LogP contribution in [0.4, 0.5) is 10.5 Å². The second-order valence-corrected chi connectivity index (χ2v) is 7.97. The highest BCUT2D eigenvalue weighted by Crippen LogP contribution is 2.33. The molecule has 25 heavy (non-hydrogen) atoms. The zero-order chi connectivity index (χ0) is 17.2. The van der Waals surface area contributed by atoms with Gasteiger partial charge in [0.05, 0.1) is 12.1 Å². The molecule has 2 fully saturated rings. The number of thioether (sulfide) groups is 1. The van der Waals surface area contributed by atoms with Crippen LogP contribution in [0, 0.1) is 0 Å². The van der Waals surface area contributed by atoms with Gasteiger partial charge in [0.25, 0.3) is 0 Å². The van der Waals surface area contributed by atoms with Gasteiger partial charge in [0.15, 0.2) is 0 Å². The summed E-state index contributed by atoms with van der Waals surface area (Å²) < 4.78 is 0. The van der Waals surface area contributed by atoms with Gasteiger partial charge in [0.2, 0.25) is 5.91 Å². The van der Waals surface area contributed by atoms with Crippen LogP contribution < -0.4 is 16.0 Å². The third-order valence-corrected chi connectivity index (χ3v) is 6.43. The maximum absolute atomic E-state index is 12.1. The highest BCUT2D eigenvalue weighted by molar-refractivity contribution is 8.00. The average Bonchev–Trinajstić information content (AvgIpc) is 3.27. The molecule has 3 amide bonds. The van der Waals surface area contributed by atoms with Crippen LogP contribution in [0.1, 0.15) is 25.7 Å². The number of carbonyl (C=O) groups is 2. The fraction of sp³-hybridized carbons (Fsp3) is 0.444. The highest BCUT2D eigenvalue weighted by Gasteiger charge is 2.42. The minimum atomic E-state index is -0.0429. The zero-order valence-electron chi connectivity index (χ0n) is 13.9. The summed E-state index contributed by atoms with van der Waals surface area (Å²) in [5, 5.41) is 10.5. The first-order valence-corrected chi connectivity index (χ1v) is 9.79. The van der Waals surface area contributed by atoms with Crippen molar-refractivity contribution in [2.24, 2.45) is 0 Å². The van der Waals surface area contributed by atoms with Crippen molar-refractivity contribution in [1.82, 2.24) is 15.6 Å². The fourth-order valence-corrected chi connectivity index (χ4v) is 5.17. The van der Waals surface area contributed by atoms with E-state index in [0.29, 0.717) is 11.7 Å². The number of carbonyl (C=O) groups excluding carboxylic acids is 2. The van der Waals surface area contributed by atoms with Crippen LogP contribution in [0.2, 0.25) is 0 Å². The van der Waals surface area contributed by atoms with Gasteiger partial charge in [-0.1, -0.05) is 12.5 Å². The third-order valence-electron chi connectivity index (χ3n) is 4.92. The number of rotatable bonds is 6. The molecule has 2 aliphatic rings. The van der Waals surface area contributed by atoms with Crippen LogP contribution in [0.5, 0.6) is 0 Å². The van der Waals surface area contributed by atoms with Crippen molar-refractivity contribution >= 4 is 40.3 Å². The van der Waals surface area contributed by atoms with Crippen molar-refractivity contribution in [2.45, 2.75) is 43.0 Å². The Morgan fingerprint density at radius 1 is 1.24 bits per heavy atom. The van der Waals surface area contributed by atoms with E-state index in [9.17, 15) is 9.59 Å². The number of hydrogen-bond acceptors (Lipinski definition) is 3. The first kappa shape index (κ1) is 16.3. The number of unbranched alkanes of at least 4 members (excludes halogenated alkanes) is 1. The van der Waals surface area contributed by atoms with Gasteiger partial charge in [0, 0.05) is 34.8 Å². The van der Waals surface area contributed by atoms with Gasteiger partial charge in [-0.25, -0.2) is 4.79 Å². The van der Waals surface area contributed by atoms with E-state index in [2.05, 4.69) is 20.9 Å². The van der Waals surface area contributed by atoms with Crippen LogP contribution in [0.15, 0.2) is 30.5 Å². The molecule has 0 radical (unpaired) electrons. The Labute approximate surface area is 150 Å². The van der Waals surface area contributed by atoms with Crippen LogP contribution in [-0.4, -0.2) is 40.0 Å². The van der Waals surface area contributed by atoms with Crippen LogP contribution in [-0.2, 0) is 4.79 Å². The lowest BCUT2D eigenvalue weighted by Crippen LogP contribution is -2.36. The summed E-state index contributed by atoms with van der Waals surface area (Å²) in [6.45, 7) is 0. The molecular weight excluding hydrogens is 336 g/mol. The van der Waals surface area contributed by atoms with E-state index in [0.717, 1.165) is 41.6 Å². The van der Waals surface area contributed by atoms with Crippen LogP contribution in [0.25, 0.3) is 10.9 Å². The molecule has 0 unspecified atom stereocenters. The van der Waals surface area contributed by atoms with Gasteiger partial charge in [-0.3, -0.25) is 4.79 Å². The predicted octanol–water partition coefficient (Wildman–Crippen LogP) is 2.83. The molecule has 3 heterocycles. The molecule has 1 aromatic heterocycles. The van der Waals surface area contributed by atoms with Gasteiger partial charge in [-0.2, -0.15) is 11.8 Å². The molecule has 2 aliphatic heterocycles. The summed E-state index contributed by atoms with van der Waals surface area (Å²) in [5.74, 6) is 1.04. The molecule has 1 aromatic carbocycles. The average molecular weight is 358 g/mol. The Hall–Kier alpha value is -2.15. The van der Waals surface area contributed by atoms with E-state index in [1.807, 2.05) is 42.2 Å². The molecule has 2 aromatic rings. The first-order chi connectivity index (χ1) is 12.2. The molecule has 0 spiro atoms. The van der Waals surface area contributed by atoms with E-state index in [1.165, 1.54) is 0 Å². The molecule has 0 bridgehead atoms. The van der Waals surface area contributed by atoms with E-state index >= 15 is 0 Å². The van der Waals surface area contributed by atoms with Gasteiger partial charge >= 0.3 is 6.03 Å². The Morgan fingerprint density at radius 3 is 3.08 bits per heavy atom. The van der Waals surface area contributed by atoms with E-state index in [4.69, 9.17) is 0 Å². The minimum absolute atomic E-state index is 0.0429. The number of amides is 3. The molecule has 7 heteroatoms. The Morgan fingerprint density at radius 2 is 2.16 bits per heavy atom. The molecule has 4 N–H and O–H groups in total. The molecule has 0 aliphatic carbocycles. The lowest BCUT2D eigenvalue weighted by Gasteiger charge is -2.16. The van der Waals surface area contributed by atoms with Crippen molar-refractivity contribution in [3.63, 3.8) is 0 Å². The van der Waals surface area contributed by atoms with Crippen molar-refractivity contribution < 1.29 is 9.59 Å². The van der Waals surface area contributed by atoms with E-state index < -0.39 is 0 Å². The molecule has 0 saturated carbocycles. The monoisotopic (exact) mass is 358 g/mol. The molecule has 132 valence electrons. The number of benzene rings is 1. The number of urea groups is 1. The summed E-state index contributed by atoms with van der Waals surface area (Å²) in [7, 11) is 0. The lowest BCUT2D eigenvalue weighted by molar-refractivity contribution is -0.116. The molecule has 6 nitrogen and oxygen atoms in total. The Balaban J connectivity index is 1.19. The number of H-pyrrole nitrogens is 1. The number of aromatic nitrogens is 1. The molecular formula is C18H22N4O2S. The maximum Gasteiger partial charge on any atom is 0.315 e. The quantitative estimate of drug-likeness (QED) is 0.473. The third kappa shape index (κ3) is 3.61. The van der Waals surface area contributed by atoms with Crippen LogP contribution in [0.3, 0.4) is 0 Å². The standard InChI is InChI=1S/C18H22N4O2S/c23-16(20-12-6-5-11-7-8-19-13(11)9-12)4-2-1-3-15-17-14(10-25-15)21-18(24)22-17/h5-9,14-15,17,19H,1-4,10H2,(H,20,23)(H2,21,22,24)/t14-,15-,17-/m0/s1. The van der Waals surface area contributed by atoms with Gasteiger partial charge in [-0.15, -0.1) is 0 Å². The highest BCUT2D eigenvalue weighted by atomic mass is 32.2. The summed E-state index contributed by atoms with van der Waals surface area (Å²) in [5.41, 5.74) is 1.85. The first-order valence-electron chi connectivity index (χ1n) is 8.75. The molecule has 2 saturated heterocycles. The van der Waals surface area contributed by atoms with Gasteiger partial charge < -0.3 is 20.9 Å². The Bertz CT molecular complexity index is 790. The second kappa shape index (κ2) is 7.00. The Kier molecular flexibility index (Phi) is 4.57. The summed E-state index contributed by atoms with van der Waals surface area (Å²) in [4.78, 5) is 26.6. The van der Waals surface area contributed by atoms with Crippen molar-refractivity contribution in [2.75, 3.05) is 11.1 Å². The number of nitrogens with one attached hydrogen (secondary N) is 4. The number of hydrogen-bond donors (Lipinski definition) is 4. The zero-order valence-corrected chi connectivity index (χ0v) is 14.7. The van der Waals surface area contributed by atoms with Gasteiger partial charge in [-0.05, 0) is 36.4 Å². The normalized spacial score (nSPS) is 24.8. The van der Waals surface area contributed by atoms with E-state index in [1.54, 1.807) is 0 Å².